The van der Waals surface area contributed by atoms with Gasteiger partial charge in [-0.05, 0) is 61.2 Å². The molecule has 0 saturated heterocycles. The molecule has 0 bridgehead atoms. The number of tetrazole rings is 1. The zero-order chi connectivity index (χ0) is 18.1. The first-order valence-electron chi connectivity index (χ1n) is 8.37. The lowest BCUT2D eigenvalue weighted by atomic mass is 10.2. The van der Waals surface area contributed by atoms with E-state index < -0.39 is 5.97 Å². The molecular weight excluding hydrogens is 354 g/mol. The van der Waals surface area contributed by atoms with E-state index in [0.717, 1.165) is 29.7 Å². The van der Waals surface area contributed by atoms with Gasteiger partial charge in [0.05, 0.1) is 11.8 Å². The minimum absolute atomic E-state index is 0.205. The van der Waals surface area contributed by atoms with Crippen molar-refractivity contribution >= 4 is 17.3 Å². The molecule has 134 valence electrons. The summed E-state index contributed by atoms with van der Waals surface area (Å²) in [7, 11) is 0. The molecule has 2 heterocycles. The van der Waals surface area contributed by atoms with Gasteiger partial charge in [-0.15, -0.1) is 16.4 Å². The van der Waals surface area contributed by atoms with E-state index in [1.54, 1.807) is 11.6 Å². The molecule has 8 nitrogen and oxygen atoms in total. The highest BCUT2D eigenvalue weighted by Crippen LogP contribution is 2.34. The van der Waals surface area contributed by atoms with Crippen molar-refractivity contribution in [3.63, 3.8) is 0 Å². The first kappa shape index (κ1) is 16.6. The van der Waals surface area contributed by atoms with Crippen molar-refractivity contribution in [3.05, 3.63) is 35.1 Å². The Morgan fingerprint density at radius 3 is 2.81 bits per heavy atom. The summed E-state index contributed by atoms with van der Waals surface area (Å²) >= 11 is 1.15. The van der Waals surface area contributed by atoms with Crippen LogP contribution in [0.25, 0.3) is 16.3 Å². The Bertz CT molecular complexity index is 932. The van der Waals surface area contributed by atoms with Crippen LogP contribution in [0.3, 0.4) is 0 Å². The van der Waals surface area contributed by atoms with Crippen LogP contribution < -0.4 is 4.74 Å². The van der Waals surface area contributed by atoms with Crippen molar-refractivity contribution < 1.29 is 14.6 Å². The Hall–Kier alpha value is -2.81. The predicted molar refractivity (Wildman–Crippen MR) is 94.8 cm³/mol. The molecule has 0 atom stereocenters. The van der Waals surface area contributed by atoms with E-state index in [1.807, 2.05) is 18.2 Å². The minimum Gasteiger partial charge on any atom is -0.488 e. The Kier molecular flexibility index (Phi) is 4.37. The molecule has 1 aromatic carbocycles. The molecule has 1 aliphatic rings. The molecule has 9 heteroatoms. The lowest BCUT2D eigenvalue weighted by molar-refractivity contribution is 0.0701. The third-order valence-electron chi connectivity index (χ3n) is 4.39. The third-order valence-corrected chi connectivity index (χ3v) is 5.58. The van der Waals surface area contributed by atoms with Gasteiger partial charge >= 0.3 is 5.97 Å². The second-order valence-corrected chi connectivity index (χ2v) is 7.20. The van der Waals surface area contributed by atoms with E-state index in [-0.39, 0.29) is 11.0 Å². The van der Waals surface area contributed by atoms with Crippen LogP contribution >= 0.6 is 11.3 Å². The van der Waals surface area contributed by atoms with Crippen LogP contribution in [-0.2, 0) is 0 Å². The maximum atomic E-state index is 11.3. The van der Waals surface area contributed by atoms with Crippen LogP contribution in [0, 0.1) is 6.92 Å². The molecule has 2 aromatic heterocycles. The zero-order valence-electron chi connectivity index (χ0n) is 14.1. The van der Waals surface area contributed by atoms with Gasteiger partial charge in [-0.3, -0.25) is 0 Å². The number of ether oxygens (including phenoxy) is 1. The molecule has 1 saturated carbocycles. The second-order valence-electron chi connectivity index (χ2n) is 6.20. The molecule has 4 rings (SSSR count). The number of carboxylic acid groups (broad SMARTS) is 1. The van der Waals surface area contributed by atoms with E-state index in [2.05, 4.69) is 20.5 Å². The zero-order valence-corrected chi connectivity index (χ0v) is 14.9. The van der Waals surface area contributed by atoms with Crippen LogP contribution in [-0.4, -0.2) is 42.4 Å². The highest BCUT2D eigenvalue weighted by atomic mass is 32.1. The fraction of sp³-hybridized carbons (Fsp3) is 0.353. The number of hydrogen-bond acceptors (Lipinski definition) is 7. The molecule has 0 aliphatic heterocycles. The number of carboxylic acids is 1. The summed E-state index contributed by atoms with van der Waals surface area (Å²) in [4.78, 5) is 15.9. The maximum absolute atomic E-state index is 11.3. The molecule has 1 aliphatic carbocycles. The van der Waals surface area contributed by atoms with Gasteiger partial charge in [0.2, 0.25) is 0 Å². The normalized spacial score (nSPS) is 14.7. The van der Waals surface area contributed by atoms with Gasteiger partial charge in [-0.25, -0.2) is 9.78 Å². The number of nitrogens with zero attached hydrogens (tertiary/aromatic N) is 5. The highest BCUT2D eigenvalue weighted by Gasteiger charge is 2.21. The van der Waals surface area contributed by atoms with E-state index in [9.17, 15) is 9.90 Å². The highest BCUT2D eigenvalue weighted by molar-refractivity contribution is 7.17. The lowest BCUT2D eigenvalue weighted by Gasteiger charge is -2.16. The minimum atomic E-state index is -0.965. The number of carbonyl (C=O) groups is 1. The molecule has 0 amide bonds. The fourth-order valence-corrected chi connectivity index (χ4v) is 4.01. The first-order valence-corrected chi connectivity index (χ1v) is 9.18. The van der Waals surface area contributed by atoms with Crippen LogP contribution in [0.1, 0.15) is 41.0 Å². The molecule has 26 heavy (non-hydrogen) atoms. The number of aromatic nitrogens is 5. The number of hydrogen-bond donors (Lipinski definition) is 1. The summed E-state index contributed by atoms with van der Waals surface area (Å²) in [6, 6.07) is 5.65. The largest absolute Gasteiger partial charge is 0.488 e. The van der Waals surface area contributed by atoms with Gasteiger partial charge in [0.15, 0.2) is 0 Å². The number of aromatic carboxylic acids is 1. The molecule has 1 fully saturated rings. The Morgan fingerprint density at radius 2 is 2.15 bits per heavy atom. The van der Waals surface area contributed by atoms with Crippen molar-refractivity contribution in [2.75, 3.05) is 0 Å². The fourth-order valence-electron chi connectivity index (χ4n) is 3.10. The quantitative estimate of drug-likeness (QED) is 0.735. The summed E-state index contributed by atoms with van der Waals surface area (Å²) in [6.07, 6.45) is 6.17. The van der Waals surface area contributed by atoms with Gasteiger partial charge in [0.1, 0.15) is 27.6 Å². The van der Waals surface area contributed by atoms with Gasteiger partial charge < -0.3 is 9.84 Å². The molecule has 0 spiro atoms. The van der Waals surface area contributed by atoms with E-state index in [0.29, 0.717) is 22.1 Å². The molecule has 0 radical (unpaired) electrons. The Morgan fingerprint density at radius 1 is 1.35 bits per heavy atom. The molecule has 1 N–H and O–H groups in total. The van der Waals surface area contributed by atoms with E-state index >= 15 is 0 Å². The maximum Gasteiger partial charge on any atom is 0.347 e. The third kappa shape index (κ3) is 3.17. The van der Waals surface area contributed by atoms with Crippen LogP contribution in [0.5, 0.6) is 5.75 Å². The number of benzene rings is 1. The van der Waals surface area contributed by atoms with Crippen LogP contribution in [0.2, 0.25) is 0 Å². The van der Waals surface area contributed by atoms with Crippen molar-refractivity contribution in [2.24, 2.45) is 0 Å². The van der Waals surface area contributed by atoms with Gasteiger partial charge in [-0.2, -0.15) is 4.68 Å². The molecular formula is C17H17N5O3S. The van der Waals surface area contributed by atoms with E-state index in [4.69, 9.17) is 4.74 Å². The van der Waals surface area contributed by atoms with Crippen molar-refractivity contribution in [2.45, 2.75) is 38.7 Å². The lowest BCUT2D eigenvalue weighted by Crippen LogP contribution is -2.13. The van der Waals surface area contributed by atoms with Crippen LogP contribution in [0.15, 0.2) is 24.5 Å². The van der Waals surface area contributed by atoms with Crippen molar-refractivity contribution in [1.29, 1.82) is 0 Å². The van der Waals surface area contributed by atoms with Crippen molar-refractivity contribution in [1.82, 2.24) is 25.2 Å². The molecule has 0 unspecified atom stereocenters. The summed E-state index contributed by atoms with van der Waals surface area (Å²) in [5, 5.41) is 21.3. The Balaban J connectivity index is 1.74. The number of aryl methyl sites for hydroxylation is 1. The summed E-state index contributed by atoms with van der Waals surface area (Å²) in [6.45, 7) is 1.70. The average molecular weight is 371 g/mol. The van der Waals surface area contributed by atoms with Crippen molar-refractivity contribution in [3.8, 4) is 22.0 Å². The number of rotatable bonds is 5. The summed E-state index contributed by atoms with van der Waals surface area (Å²) in [5.41, 5.74) is 2.02. The summed E-state index contributed by atoms with van der Waals surface area (Å²) in [5.74, 6) is -0.257. The average Bonchev–Trinajstić information content (AvgIpc) is 3.36. The predicted octanol–water partition coefficient (Wildman–Crippen LogP) is 3.11. The first-order chi connectivity index (χ1) is 12.6. The second kappa shape index (κ2) is 6.83. The summed E-state index contributed by atoms with van der Waals surface area (Å²) < 4.78 is 7.71. The standard InChI is InChI=1S/C17H17N5O3S/c1-10-15(17(23)24)26-16(19-10)11-6-7-14(25-12-4-2-3-5-12)13(8-11)22-9-18-20-21-22/h6-9,12H,2-5H2,1H3,(H,23,24). The van der Waals surface area contributed by atoms with Gasteiger partial charge in [0.25, 0.3) is 0 Å². The van der Waals surface area contributed by atoms with E-state index in [1.165, 1.54) is 19.2 Å². The number of thiazole rings is 1. The monoisotopic (exact) mass is 371 g/mol. The van der Waals surface area contributed by atoms with Gasteiger partial charge in [0, 0.05) is 5.56 Å². The van der Waals surface area contributed by atoms with Crippen LogP contribution in [0.4, 0.5) is 0 Å². The van der Waals surface area contributed by atoms with Gasteiger partial charge in [-0.1, -0.05) is 0 Å². The Labute approximate surface area is 153 Å². The molecule has 3 aromatic rings. The SMILES string of the molecule is Cc1nc(-c2ccc(OC3CCCC3)c(-n3cnnn3)c2)sc1C(=O)O. The smallest absolute Gasteiger partial charge is 0.347 e. The topological polar surface area (TPSA) is 103 Å².